The molecule has 0 radical (unpaired) electrons. The SMILES string of the molecule is COc1cc(OC)c(C(C)C)cc1C(=O)Cc1ccc2c(c1)C(C)=CC2C. The first-order valence-corrected chi connectivity index (χ1v) is 9.46. The molecule has 27 heavy (non-hydrogen) atoms. The van der Waals surface area contributed by atoms with Crippen LogP contribution in [0, 0.1) is 0 Å². The minimum absolute atomic E-state index is 0.0593. The van der Waals surface area contributed by atoms with E-state index >= 15 is 0 Å². The lowest BCUT2D eigenvalue weighted by molar-refractivity contribution is 0.0990. The first kappa shape index (κ1) is 19.2. The monoisotopic (exact) mass is 364 g/mol. The van der Waals surface area contributed by atoms with E-state index in [0.717, 1.165) is 16.9 Å². The van der Waals surface area contributed by atoms with E-state index in [1.54, 1.807) is 14.2 Å². The highest BCUT2D eigenvalue weighted by molar-refractivity contribution is 6.00. The van der Waals surface area contributed by atoms with Crippen LogP contribution >= 0.6 is 0 Å². The molecule has 3 heteroatoms. The minimum Gasteiger partial charge on any atom is -0.496 e. The number of allylic oxidation sites excluding steroid dienone is 2. The second-order valence-electron chi connectivity index (χ2n) is 7.61. The summed E-state index contributed by atoms with van der Waals surface area (Å²) in [5.41, 5.74) is 6.55. The van der Waals surface area contributed by atoms with Crippen molar-refractivity contribution >= 4 is 11.4 Å². The highest BCUT2D eigenvalue weighted by Crippen LogP contribution is 2.37. The van der Waals surface area contributed by atoms with Crippen molar-refractivity contribution in [2.24, 2.45) is 0 Å². The normalized spacial score (nSPS) is 15.5. The molecule has 0 heterocycles. The second-order valence-corrected chi connectivity index (χ2v) is 7.61. The molecule has 0 fully saturated rings. The maximum Gasteiger partial charge on any atom is 0.170 e. The van der Waals surface area contributed by atoms with Crippen molar-refractivity contribution in [1.82, 2.24) is 0 Å². The summed E-state index contributed by atoms with van der Waals surface area (Å²) in [6.45, 7) is 8.52. The smallest absolute Gasteiger partial charge is 0.170 e. The average Bonchev–Trinajstić information content (AvgIpc) is 2.93. The highest BCUT2D eigenvalue weighted by atomic mass is 16.5. The van der Waals surface area contributed by atoms with Gasteiger partial charge in [-0.15, -0.1) is 0 Å². The number of hydrogen-bond donors (Lipinski definition) is 0. The summed E-state index contributed by atoms with van der Waals surface area (Å²) in [4.78, 5) is 13.1. The summed E-state index contributed by atoms with van der Waals surface area (Å²) in [7, 11) is 3.23. The Labute approximate surface area is 162 Å². The fourth-order valence-corrected chi connectivity index (χ4v) is 3.88. The molecule has 0 N–H and O–H groups in total. The molecule has 0 bridgehead atoms. The van der Waals surface area contributed by atoms with Crippen molar-refractivity contribution < 1.29 is 14.3 Å². The molecule has 3 nitrogen and oxygen atoms in total. The molecule has 0 aromatic heterocycles. The Morgan fingerprint density at radius 3 is 2.41 bits per heavy atom. The average molecular weight is 364 g/mol. The topological polar surface area (TPSA) is 35.5 Å². The molecule has 1 atom stereocenters. The number of benzene rings is 2. The predicted molar refractivity (Wildman–Crippen MR) is 110 cm³/mol. The molecule has 142 valence electrons. The molecule has 1 aliphatic rings. The molecule has 1 unspecified atom stereocenters. The molecule has 0 spiro atoms. The van der Waals surface area contributed by atoms with Gasteiger partial charge in [-0.1, -0.05) is 45.0 Å². The van der Waals surface area contributed by atoms with Crippen LogP contribution in [0.3, 0.4) is 0 Å². The number of ether oxygens (including phenoxy) is 2. The van der Waals surface area contributed by atoms with Crippen LogP contribution < -0.4 is 9.47 Å². The predicted octanol–water partition coefficient (Wildman–Crippen LogP) is 5.77. The third kappa shape index (κ3) is 3.64. The van der Waals surface area contributed by atoms with Crippen molar-refractivity contribution in [1.29, 1.82) is 0 Å². The Bertz CT molecular complexity index is 906. The lowest BCUT2D eigenvalue weighted by Gasteiger charge is -2.16. The molecule has 0 amide bonds. The maximum atomic E-state index is 13.1. The van der Waals surface area contributed by atoms with E-state index in [0.29, 0.717) is 23.7 Å². The molecule has 3 rings (SSSR count). The minimum atomic E-state index is 0.0593. The second kappa shape index (κ2) is 7.59. The fourth-order valence-electron chi connectivity index (χ4n) is 3.88. The number of ketones is 1. The Kier molecular flexibility index (Phi) is 5.41. The molecule has 2 aromatic carbocycles. The molecular weight excluding hydrogens is 336 g/mol. The Morgan fingerprint density at radius 2 is 1.78 bits per heavy atom. The van der Waals surface area contributed by atoms with E-state index in [4.69, 9.17) is 9.47 Å². The number of carbonyl (C=O) groups is 1. The number of methoxy groups -OCH3 is 2. The zero-order valence-electron chi connectivity index (χ0n) is 17.1. The summed E-state index contributed by atoms with van der Waals surface area (Å²) in [6, 6.07) is 10.1. The van der Waals surface area contributed by atoms with Crippen LogP contribution in [0.5, 0.6) is 11.5 Å². The van der Waals surface area contributed by atoms with Crippen molar-refractivity contribution in [2.75, 3.05) is 14.2 Å². The number of hydrogen-bond acceptors (Lipinski definition) is 3. The maximum absolute atomic E-state index is 13.1. The quantitative estimate of drug-likeness (QED) is 0.610. The Hall–Kier alpha value is -2.55. The highest BCUT2D eigenvalue weighted by Gasteiger charge is 2.21. The van der Waals surface area contributed by atoms with Gasteiger partial charge in [-0.2, -0.15) is 0 Å². The summed E-state index contributed by atoms with van der Waals surface area (Å²) >= 11 is 0. The van der Waals surface area contributed by atoms with Gasteiger partial charge in [-0.3, -0.25) is 4.79 Å². The number of fused-ring (bicyclic) bond motifs is 1. The van der Waals surface area contributed by atoms with Crippen LogP contribution in [0.2, 0.25) is 0 Å². The van der Waals surface area contributed by atoms with E-state index in [1.807, 2.05) is 12.1 Å². The van der Waals surface area contributed by atoms with Gasteiger partial charge in [0.2, 0.25) is 0 Å². The molecule has 0 aliphatic heterocycles. The van der Waals surface area contributed by atoms with Gasteiger partial charge in [0.15, 0.2) is 5.78 Å². The van der Waals surface area contributed by atoms with Gasteiger partial charge in [0.25, 0.3) is 0 Å². The van der Waals surface area contributed by atoms with Crippen molar-refractivity contribution in [3.63, 3.8) is 0 Å². The standard InChI is InChI=1S/C24H28O3/c1-14(2)19-12-21(24(27-6)13-23(19)26-5)22(25)11-17-7-8-18-15(3)9-16(4)20(18)10-17/h7-10,12-15H,11H2,1-6H3. The van der Waals surface area contributed by atoms with Crippen LogP contribution in [-0.4, -0.2) is 20.0 Å². The van der Waals surface area contributed by atoms with E-state index < -0.39 is 0 Å². The van der Waals surface area contributed by atoms with Crippen LogP contribution in [0.1, 0.15) is 72.1 Å². The number of carbonyl (C=O) groups excluding carboxylic acids is 1. The van der Waals surface area contributed by atoms with Crippen molar-refractivity contribution in [3.8, 4) is 11.5 Å². The molecule has 0 saturated carbocycles. The van der Waals surface area contributed by atoms with Crippen LogP contribution in [0.4, 0.5) is 0 Å². The van der Waals surface area contributed by atoms with E-state index in [-0.39, 0.29) is 11.7 Å². The Morgan fingerprint density at radius 1 is 1.07 bits per heavy atom. The third-order valence-electron chi connectivity index (χ3n) is 5.37. The molecule has 2 aromatic rings. The van der Waals surface area contributed by atoms with E-state index in [1.165, 1.54) is 16.7 Å². The van der Waals surface area contributed by atoms with Crippen molar-refractivity contribution in [3.05, 3.63) is 64.2 Å². The largest absolute Gasteiger partial charge is 0.496 e. The van der Waals surface area contributed by atoms with Gasteiger partial charge in [0, 0.05) is 18.4 Å². The van der Waals surface area contributed by atoms with Crippen LogP contribution in [-0.2, 0) is 6.42 Å². The number of Topliss-reactive ketones (excluding diaryl/α,β-unsaturated/α-hetero) is 1. The fraction of sp³-hybridized carbons (Fsp3) is 0.375. The number of rotatable bonds is 6. The first-order chi connectivity index (χ1) is 12.8. The van der Waals surface area contributed by atoms with Crippen LogP contribution in [0.15, 0.2) is 36.4 Å². The van der Waals surface area contributed by atoms with Crippen molar-refractivity contribution in [2.45, 2.75) is 46.0 Å². The molecular formula is C24H28O3. The molecule has 1 aliphatic carbocycles. The van der Waals surface area contributed by atoms with Gasteiger partial charge < -0.3 is 9.47 Å². The van der Waals surface area contributed by atoms with Gasteiger partial charge in [0.05, 0.1) is 19.8 Å². The summed E-state index contributed by atoms with van der Waals surface area (Å²) < 4.78 is 11.0. The third-order valence-corrected chi connectivity index (χ3v) is 5.37. The zero-order chi connectivity index (χ0) is 19.7. The zero-order valence-corrected chi connectivity index (χ0v) is 17.1. The van der Waals surface area contributed by atoms with E-state index in [2.05, 4.69) is 52.0 Å². The van der Waals surface area contributed by atoms with Crippen LogP contribution in [0.25, 0.3) is 5.57 Å². The summed E-state index contributed by atoms with van der Waals surface area (Å²) in [5, 5.41) is 0. The summed E-state index contributed by atoms with van der Waals surface area (Å²) in [6.07, 6.45) is 2.63. The Balaban J connectivity index is 1.94. The van der Waals surface area contributed by atoms with Gasteiger partial charge in [-0.05, 0) is 46.7 Å². The lowest BCUT2D eigenvalue weighted by Crippen LogP contribution is -2.08. The summed E-state index contributed by atoms with van der Waals surface area (Å²) in [5.74, 6) is 2.08. The van der Waals surface area contributed by atoms with E-state index in [9.17, 15) is 4.79 Å². The van der Waals surface area contributed by atoms with Gasteiger partial charge >= 0.3 is 0 Å². The van der Waals surface area contributed by atoms with Gasteiger partial charge in [-0.25, -0.2) is 0 Å². The lowest BCUT2D eigenvalue weighted by atomic mass is 9.93. The molecule has 0 saturated heterocycles. The van der Waals surface area contributed by atoms with Gasteiger partial charge in [0.1, 0.15) is 11.5 Å². The first-order valence-electron chi connectivity index (χ1n) is 9.46.